The van der Waals surface area contributed by atoms with Gasteiger partial charge < -0.3 is 0 Å². The van der Waals surface area contributed by atoms with Crippen molar-refractivity contribution in [1.82, 2.24) is 19.8 Å². The molecule has 1 aliphatic carbocycles. The monoisotopic (exact) mass is 364 g/mol. The lowest BCUT2D eigenvalue weighted by Crippen LogP contribution is -2.01. The highest BCUT2D eigenvalue weighted by molar-refractivity contribution is 6.31. The summed E-state index contributed by atoms with van der Waals surface area (Å²) in [6.45, 7) is 9.72. The van der Waals surface area contributed by atoms with E-state index in [0.717, 1.165) is 35.4 Å². The molecule has 2 aromatic heterocycles. The summed E-state index contributed by atoms with van der Waals surface area (Å²) in [5.74, 6) is 1.27. The first-order chi connectivity index (χ1) is 12.6. The van der Waals surface area contributed by atoms with Crippen LogP contribution in [-0.2, 0) is 0 Å². The number of allylic oxidation sites excluding steroid dienone is 10. The van der Waals surface area contributed by atoms with Gasteiger partial charge in [0.25, 0.3) is 0 Å². The highest BCUT2D eigenvalue weighted by atomic mass is 35.5. The van der Waals surface area contributed by atoms with Gasteiger partial charge >= 0.3 is 0 Å². The second kappa shape index (κ2) is 8.11. The lowest BCUT2D eigenvalue weighted by molar-refractivity contribution is 0.747. The molecule has 2 heterocycles. The maximum absolute atomic E-state index is 6.46. The lowest BCUT2D eigenvalue weighted by Gasteiger charge is -2.07. The highest BCUT2D eigenvalue weighted by Gasteiger charge is 2.16. The third-order valence-electron chi connectivity index (χ3n) is 4.23. The third-order valence-corrected chi connectivity index (χ3v) is 4.51. The molecule has 3 rings (SSSR count). The molecule has 0 spiro atoms. The molecule has 0 saturated carbocycles. The number of hydrogen-bond donors (Lipinski definition) is 0. The Morgan fingerprint density at radius 2 is 2.15 bits per heavy atom. The molecule has 26 heavy (non-hydrogen) atoms. The first-order valence-electron chi connectivity index (χ1n) is 8.54. The Labute approximate surface area is 158 Å². The van der Waals surface area contributed by atoms with E-state index in [0.29, 0.717) is 16.7 Å². The molecule has 4 nitrogen and oxygen atoms in total. The van der Waals surface area contributed by atoms with Crippen molar-refractivity contribution in [1.29, 1.82) is 0 Å². The second-order valence-corrected chi connectivity index (χ2v) is 6.52. The van der Waals surface area contributed by atoms with E-state index in [1.807, 2.05) is 24.3 Å². The van der Waals surface area contributed by atoms with Crippen LogP contribution in [0.3, 0.4) is 0 Å². The zero-order chi connectivity index (χ0) is 18.5. The molecule has 1 atom stereocenters. The van der Waals surface area contributed by atoms with E-state index in [-0.39, 0.29) is 0 Å². The fraction of sp³-hybridized carbons (Fsp3) is 0.190. The van der Waals surface area contributed by atoms with Gasteiger partial charge in [0, 0.05) is 5.56 Å². The average molecular weight is 365 g/mol. The maximum Gasteiger partial charge on any atom is 0.181 e. The van der Waals surface area contributed by atoms with Crippen LogP contribution in [0.5, 0.6) is 0 Å². The van der Waals surface area contributed by atoms with Crippen LogP contribution in [0.1, 0.15) is 31.2 Å². The molecular weight excluding hydrogens is 344 g/mol. The van der Waals surface area contributed by atoms with Gasteiger partial charge in [0.15, 0.2) is 16.6 Å². The minimum absolute atomic E-state index is 0.384. The molecule has 0 radical (unpaired) electrons. The fourth-order valence-corrected chi connectivity index (χ4v) is 3.06. The Morgan fingerprint density at radius 3 is 2.92 bits per heavy atom. The molecule has 0 saturated heterocycles. The molecule has 0 fully saturated rings. The van der Waals surface area contributed by atoms with Gasteiger partial charge in [0.1, 0.15) is 0 Å². The van der Waals surface area contributed by atoms with Crippen molar-refractivity contribution < 1.29 is 0 Å². The standard InChI is InChI=1S/C21H21ClN4/c1-4-6-7-10-16(5-2)18-14-19-23-24-21(26(19)25-20(18)22)17-11-8-9-15(3)12-13-17/h4-10,13-15H,1-2,11-12H2,3H3/b7-6-,16-10+. The van der Waals surface area contributed by atoms with Crippen molar-refractivity contribution in [3.63, 3.8) is 0 Å². The first kappa shape index (κ1) is 18.1. The zero-order valence-electron chi connectivity index (χ0n) is 14.8. The zero-order valence-corrected chi connectivity index (χ0v) is 15.5. The number of fused-ring (bicyclic) bond motifs is 1. The van der Waals surface area contributed by atoms with E-state index >= 15 is 0 Å². The van der Waals surface area contributed by atoms with Crippen molar-refractivity contribution in [2.45, 2.75) is 19.8 Å². The van der Waals surface area contributed by atoms with Crippen molar-refractivity contribution in [2.75, 3.05) is 0 Å². The van der Waals surface area contributed by atoms with Crippen LogP contribution in [0.25, 0.3) is 16.8 Å². The highest BCUT2D eigenvalue weighted by Crippen LogP contribution is 2.27. The average Bonchev–Trinajstić information content (AvgIpc) is 2.91. The van der Waals surface area contributed by atoms with Crippen LogP contribution < -0.4 is 0 Å². The molecular formula is C21H21ClN4. The van der Waals surface area contributed by atoms with Gasteiger partial charge in [0.05, 0.1) is 0 Å². The van der Waals surface area contributed by atoms with E-state index in [1.165, 1.54) is 0 Å². The Hall–Kier alpha value is -2.72. The lowest BCUT2D eigenvalue weighted by atomic mass is 10.1. The topological polar surface area (TPSA) is 43.1 Å². The summed E-state index contributed by atoms with van der Waals surface area (Å²) in [6, 6.07) is 1.89. The van der Waals surface area contributed by atoms with E-state index < -0.39 is 0 Å². The van der Waals surface area contributed by atoms with Gasteiger partial charge in [-0.25, -0.2) is 0 Å². The molecule has 0 N–H and O–H groups in total. The Kier molecular flexibility index (Phi) is 5.64. The quantitative estimate of drug-likeness (QED) is 0.522. The van der Waals surface area contributed by atoms with Crippen LogP contribution in [0.15, 0.2) is 67.8 Å². The predicted octanol–water partition coefficient (Wildman–Crippen LogP) is 5.46. The summed E-state index contributed by atoms with van der Waals surface area (Å²) in [5, 5.41) is 13.5. The normalized spacial score (nSPS) is 18.2. The summed E-state index contributed by atoms with van der Waals surface area (Å²) in [4.78, 5) is 0. The molecule has 0 bridgehead atoms. The number of nitrogens with zero attached hydrogens (tertiary/aromatic N) is 4. The van der Waals surface area contributed by atoms with Crippen LogP contribution in [0, 0.1) is 5.92 Å². The first-order valence-corrected chi connectivity index (χ1v) is 8.92. The molecule has 0 aromatic carbocycles. The molecule has 0 amide bonds. The van der Waals surface area contributed by atoms with E-state index in [9.17, 15) is 0 Å². The van der Waals surface area contributed by atoms with Crippen LogP contribution in [-0.4, -0.2) is 19.8 Å². The number of halogens is 1. The maximum atomic E-state index is 6.46. The summed E-state index contributed by atoms with van der Waals surface area (Å²) in [5.41, 5.74) is 3.40. The second-order valence-electron chi connectivity index (χ2n) is 6.16. The number of rotatable bonds is 5. The number of aromatic nitrogens is 4. The Bertz CT molecular complexity index is 960. The van der Waals surface area contributed by atoms with Gasteiger partial charge in [-0.2, -0.15) is 9.61 Å². The Morgan fingerprint density at radius 1 is 1.31 bits per heavy atom. The molecule has 0 aliphatic heterocycles. The van der Waals surface area contributed by atoms with Crippen LogP contribution in [0.2, 0.25) is 5.15 Å². The van der Waals surface area contributed by atoms with Gasteiger partial charge in [-0.15, -0.1) is 10.2 Å². The number of hydrogen-bond acceptors (Lipinski definition) is 3. The largest absolute Gasteiger partial charge is 0.192 e. The summed E-state index contributed by atoms with van der Waals surface area (Å²) in [7, 11) is 0. The van der Waals surface area contributed by atoms with E-state index in [1.54, 1.807) is 16.7 Å². The summed E-state index contributed by atoms with van der Waals surface area (Å²) >= 11 is 6.46. The van der Waals surface area contributed by atoms with Gasteiger partial charge in [-0.1, -0.05) is 80.3 Å². The molecule has 1 unspecified atom stereocenters. The van der Waals surface area contributed by atoms with Gasteiger partial charge in [-0.3, -0.25) is 0 Å². The SMILES string of the molecule is C=C/C=C\C=C(/C=C)c1cc2nnc(C3=CCC(C)C=CC3)n2nc1Cl. The van der Waals surface area contributed by atoms with Crippen LogP contribution in [0.4, 0.5) is 0 Å². The molecule has 2 aromatic rings. The molecule has 1 aliphatic rings. The third kappa shape index (κ3) is 3.75. The van der Waals surface area contributed by atoms with Crippen LogP contribution >= 0.6 is 11.6 Å². The molecule has 132 valence electrons. The van der Waals surface area contributed by atoms with Gasteiger partial charge in [0.2, 0.25) is 0 Å². The fourth-order valence-electron chi connectivity index (χ4n) is 2.82. The van der Waals surface area contributed by atoms with Crippen molar-refractivity contribution in [2.24, 2.45) is 5.92 Å². The minimum Gasteiger partial charge on any atom is -0.192 e. The van der Waals surface area contributed by atoms with Gasteiger partial charge in [-0.05, 0) is 36.0 Å². The Balaban J connectivity index is 2.05. The summed E-state index contributed by atoms with van der Waals surface area (Å²) < 4.78 is 1.71. The summed E-state index contributed by atoms with van der Waals surface area (Å²) in [6.07, 6.45) is 17.5. The molecule has 5 heteroatoms. The minimum atomic E-state index is 0.384. The van der Waals surface area contributed by atoms with E-state index in [4.69, 9.17) is 11.6 Å². The van der Waals surface area contributed by atoms with Crippen molar-refractivity contribution in [3.8, 4) is 0 Å². The van der Waals surface area contributed by atoms with E-state index in [2.05, 4.69) is 53.6 Å². The predicted molar refractivity (Wildman–Crippen MR) is 109 cm³/mol. The van der Waals surface area contributed by atoms with Crippen molar-refractivity contribution in [3.05, 3.63) is 84.4 Å². The van der Waals surface area contributed by atoms with Crippen molar-refractivity contribution >= 4 is 28.4 Å². The smallest absolute Gasteiger partial charge is 0.181 e.